The highest BCUT2D eigenvalue weighted by Gasteiger charge is 2.28. The molecular formula is C25H30O11. The summed E-state index contributed by atoms with van der Waals surface area (Å²) in [5.74, 6) is -1.28. The Morgan fingerprint density at radius 2 is 0.917 bits per heavy atom. The van der Waals surface area contributed by atoms with Gasteiger partial charge in [0, 0.05) is 11.8 Å². The van der Waals surface area contributed by atoms with Crippen molar-refractivity contribution in [1.29, 1.82) is 0 Å². The molecule has 2 aromatic carbocycles. The largest absolute Gasteiger partial charge is 0.513 e. The van der Waals surface area contributed by atoms with Crippen LogP contribution in [0.2, 0.25) is 0 Å². The van der Waals surface area contributed by atoms with E-state index in [0.29, 0.717) is 11.5 Å². The van der Waals surface area contributed by atoms with Gasteiger partial charge in [0.25, 0.3) is 12.6 Å². The van der Waals surface area contributed by atoms with Crippen molar-refractivity contribution >= 4 is 18.1 Å². The maximum atomic E-state index is 12.3. The quantitative estimate of drug-likeness (QED) is 0.172. The Hall–Kier alpha value is -3.83. The monoisotopic (exact) mass is 506 g/mol. The van der Waals surface area contributed by atoms with Gasteiger partial charge in [-0.25, -0.2) is 14.4 Å². The van der Waals surface area contributed by atoms with Gasteiger partial charge in [-0.2, -0.15) is 0 Å². The van der Waals surface area contributed by atoms with Gasteiger partial charge in [0.2, 0.25) is 0 Å². The van der Waals surface area contributed by atoms with E-state index in [1.807, 2.05) is 0 Å². The van der Waals surface area contributed by atoms with Crippen LogP contribution in [0.15, 0.2) is 48.5 Å². The van der Waals surface area contributed by atoms with Crippen LogP contribution in [-0.2, 0) is 29.0 Å². The maximum absolute atomic E-state index is 12.3. The average molecular weight is 507 g/mol. The van der Waals surface area contributed by atoms with E-state index in [-0.39, 0.29) is 11.1 Å². The molecule has 0 aliphatic carbocycles. The summed E-state index contributed by atoms with van der Waals surface area (Å²) < 4.78 is 20.3. The Bertz CT molecular complexity index is 905. The van der Waals surface area contributed by atoms with Gasteiger partial charge >= 0.3 is 18.1 Å². The summed E-state index contributed by atoms with van der Waals surface area (Å²) in [6.45, 7) is 6.69. The predicted octanol–water partition coefficient (Wildman–Crippen LogP) is 4.70. The number of ether oxygens (including phenoxy) is 4. The third-order valence-corrected chi connectivity index (χ3v) is 4.60. The Morgan fingerprint density at radius 3 is 1.19 bits per heavy atom. The molecule has 0 aliphatic heterocycles. The van der Waals surface area contributed by atoms with Gasteiger partial charge in [0.15, 0.2) is 0 Å². The smallest absolute Gasteiger partial charge is 0.497 e. The van der Waals surface area contributed by atoms with Crippen molar-refractivity contribution < 1.29 is 52.9 Å². The van der Waals surface area contributed by atoms with E-state index in [1.54, 1.807) is 52.0 Å². The first-order valence-corrected chi connectivity index (χ1v) is 11.0. The Labute approximate surface area is 208 Å². The lowest BCUT2D eigenvalue weighted by molar-refractivity contribution is -0.357. The van der Waals surface area contributed by atoms with Gasteiger partial charge in [0.1, 0.15) is 11.5 Å². The van der Waals surface area contributed by atoms with Gasteiger partial charge in [-0.15, -0.1) is 9.78 Å². The Kier molecular flexibility index (Phi) is 11.0. The van der Waals surface area contributed by atoms with Crippen molar-refractivity contribution in [2.75, 3.05) is 14.2 Å². The normalized spacial score (nSPS) is 12.4. The van der Waals surface area contributed by atoms with Crippen LogP contribution in [0.3, 0.4) is 0 Å². The third kappa shape index (κ3) is 8.75. The van der Waals surface area contributed by atoms with Crippen LogP contribution in [0, 0.1) is 11.8 Å². The molecule has 36 heavy (non-hydrogen) atoms. The van der Waals surface area contributed by atoms with Gasteiger partial charge in [-0.05, 0) is 48.5 Å². The van der Waals surface area contributed by atoms with E-state index >= 15 is 0 Å². The lowest BCUT2D eigenvalue weighted by Crippen LogP contribution is -2.33. The minimum Gasteiger partial charge on any atom is -0.497 e. The molecular weight excluding hydrogens is 476 g/mol. The standard InChI is InChI=1S/C25H30O11/c1-15(2)23(35-33-21(26)17-7-11-19(29-5)12-8-17)31-25(28)32-24(16(3)4)36-34-22(27)18-9-13-20(30-6)14-10-18/h7-16,23-24H,1-6H3. The second-order valence-electron chi connectivity index (χ2n) is 8.10. The first-order chi connectivity index (χ1) is 17.1. The molecule has 0 radical (unpaired) electrons. The summed E-state index contributed by atoms with van der Waals surface area (Å²) in [7, 11) is 3.00. The summed E-state index contributed by atoms with van der Waals surface area (Å²) in [6.07, 6.45) is -3.75. The van der Waals surface area contributed by atoms with E-state index in [9.17, 15) is 14.4 Å². The summed E-state index contributed by atoms with van der Waals surface area (Å²) in [5, 5.41) is 0. The fourth-order valence-electron chi connectivity index (χ4n) is 2.48. The zero-order valence-corrected chi connectivity index (χ0v) is 20.9. The molecule has 2 rings (SSSR count). The van der Waals surface area contributed by atoms with Crippen molar-refractivity contribution in [3.05, 3.63) is 59.7 Å². The topological polar surface area (TPSA) is 125 Å². The Morgan fingerprint density at radius 1 is 0.583 bits per heavy atom. The molecule has 0 saturated heterocycles. The molecule has 2 aromatic rings. The molecule has 11 nitrogen and oxygen atoms in total. The SMILES string of the molecule is COc1ccc(C(=O)OOC(OC(=O)OC(OOC(=O)c2ccc(OC)cc2)C(C)C)C(C)C)cc1. The van der Waals surface area contributed by atoms with Gasteiger partial charge in [0.05, 0.1) is 25.3 Å². The second kappa shape index (κ2) is 13.9. The minimum absolute atomic E-state index is 0.202. The predicted molar refractivity (Wildman–Crippen MR) is 124 cm³/mol. The molecule has 2 unspecified atom stereocenters. The number of rotatable bonds is 12. The van der Waals surface area contributed by atoms with Gasteiger partial charge in [-0.1, -0.05) is 27.7 Å². The second-order valence-corrected chi connectivity index (χ2v) is 8.10. The first kappa shape index (κ1) is 28.4. The molecule has 0 aliphatic rings. The molecule has 0 bridgehead atoms. The lowest BCUT2D eigenvalue weighted by atomic mass is 10.2. The average Bonchev–Trinajstić information content (AvgIpc) is 2.88. The van der Waals surface area contributed by atoms with E-state index in [0.717, 1.165) is 0 Å². The van der Waals surface area contributed by atoms with Crippen molar-refractivity contribution in [3.8, 4) is 11.5 Å². The molecule has 0 aromatic heterocycles. The van der Waals surface area contributed by atoms with Crippen LogP contribution in [0.1, 0.15) is 48.4 Å². The van der Waals surface area contributed by atoms with Crippen LogP contribution in [0.5, 0.6) is 11.5 Å². The number of hydrogen-bond donors (Lipinski definition) is 0. The zero-order chi connectivity index (χ0) is 26.7. The van der Waals surface area contributed by atoms with Crippen LogP contribution < -0.4 is 9.47 Å². The molecule has 2 atom stereocenters. The molecule has 0 fully saturated rings. The summed E-state index contributed by atoms with van der Waals surface area (Å²) in [6, 6.07) is 12.3. The number of benzene rings is 2. The third-order valence-electron chi connectivity index (χ3n) is 4.60. The number of hydrogen-bond acceptors (Lipinski definition) is 11. The van der Waals surface area contributed by atoms with Crippen molar-refractivity contribution in [2.24, 2.45) is 11.8 Å². The van der Waals surface area contributed by atoms with E-state index in [1.165, 1.54) is 38.5 Å². The van der Waals surface area contributed by atoms with E-state index in [2.05, 4.69) is 0 Å². The van der Waals surface area contributed by atoms with Crippen molar-refractivity contribution in [1.82, 2.24) is 0 Å². The zero-order valence-electron chi connectivity index (χ0n) is 20.9. The van der Waals surface area contributed by atoms with Crippen LogP contribution >= 0.6 is 0 Å². The highest BCUT2D eigenvalue weighted by molar-refractivity contribution is 5.89. The summed E-state index contributed by atoms with van der Waals surface area (Å²) in [4.78, 5) is 56.4. The number of carbonyl (C=O) groups excluding carboxylic acids is 3. The van der Waals surface area contributed by atoms with Gasteiger partial charge in [-0.3, -0.25) is 9.78 Å². The molecule has 0 amide bonds. The molecule has 0 N–H and O–H groups in total. The fourth-order valence-corrected chi connectivity index (χ4v) is 2.48. The minimum atomic E-state index is -1.28. The van der Waals surface area contributed by atoms with Crippen LogP contribution in [0.25, 0.3) is 0 Å². The number of carbonyl (C=O) groups is 3. The molecule has 0 heterocycles. The maximum Gasteiger partial charge on any atom is 0.513 e. The van der Waals surface area contributed by atoms with Crippen molar-refractivity contribution in [3.63, 3.8) is 0 Å². The highest BCUT2D eigenvalue weighted by Crippen LogP contribution is 2.18. The fraction of sp³-hybridized carbons (Fsp3) is 0.400. The molecule has 196 valence electrons. The van der Waals surface area contributed by atoms with Crippen LogP contribution in [0.4, 0.5) is 4.79 Å². The highest BCUT2D eigenvalue weighted by atomic mass is 17.2. The summed E-state index contributed by atoms with van der Waals surface area (Å²) >= 11 is 0. The molecule has 0 saturated carbocycles. The summed E-state index contributed by atoms with van der Waals surface area (Å²) in [5.41, 5.74) is 0.403. The van der Waals surface area contributed by atoms with E-state index in [4.69, 9.17) is 38.5 Å². The number of methoxy groups -OCH3 is 2. The Balaban J connectivity index is 1.89. The molecule has 0 spiro atoms. The van der Waals surface area contributed by atoms with Gasteiger partial charge < -0.3 is 18.9 Å². The van der Waals surface area contributed by atoms with Crippen LogP contribution in [-0.4, -0.2) is 44.9 Å². The first-order valence-electron chi connectivity index (χ1n) is 11.0. The lowest BCUT2D eigenvalue weighted by Gasteiger charge is -2.22. The molecule has 11 heteroatoms. The van der Waals surface area contributed by atoms with Crippen molar-refractivity contribution in [2.45, 2.75) is 40.3 Å². The van der Waals surface area contributed by atoms with E-state index < -0.39 is 42.5 Å².